The van der Waals surface area contributed by atoms with Gasteiger partial charge in [0.1, 0.15) is 12.8 Å². The number of nitrogens with zero attached hydrogens (tertiary/aromatic N) is 1. The van der Waals surface area contributed by atoms with Gasteiger partial charge in [0, 0.05) is 6.54 Å². The topological polar surface area (TPSA) is 66.8 Å². The van der Waals surface area contributed by atoms with Gasteiger partial charge < -0.3 is 14.7 Å². The predicted molar refractivity (Wildman–Crippen MR) is 68.8 cm³/mol. The van der Waals surface area contributed by atoms with Crippen LogP contribution in [0.3, 0.4) is 0 Å². The lowest BCUT2D eigenvalue weighted by atomic mass is 9.97. The van der Waals surface area contributed by atoms with E-state index in [2.05, 4.69) is 0 Å². The fourth-order valence-electron chi connectivity index (χ4n) is 2.18. The summed E-state index contributed by atoms with van der Waals surface area (Å²) in [6, 6.07) is 9.11. The van der Waals surface area contributed by atoms with E-state index in [0.717, 1.165) is 10.5 Å². The molecule has 1 aromatic rings. The van der Waals surface area contributed by atoms with Gasteiger partial charge in [-0.15, -0.1) is 0 Å². The molecule has 0 bridgehead atoms. The predicted octanol–water partition coefficient (Wildman–Crippen LogP) is 2.07. The van der Waals surface area contributed by atoms with Crippen molar-refractivity contribution < 1.29 is 23.8 Å². The van der Waals surface area contributed by atoms with Crippen LogP contribution in [0, 0.1) is 5.92 Å². The molecular weight excluding hydrogens is 265 g/mol. The van der Waals surface area contributed by atoms with Crippen LogP contribution in [-0.2, 0) is 16.1 Å². The van der Waals surface area contributed by atoms with Crippen molar-refractivity contribution in [2.24, 2.45) is 5.92 Å². The van der Waals surface area contributed by atoms with Gasteiger partial charge in [-0.1, -0.05) is 30.3 Å². The summed E-state index contributed by atoms with van der Waals surface area (Å²) in [6.45, 7) is -0.0361. The minimum atomic E-state index is -1.32. The SMILES string of the molecule is O=C(O)[C@@H]1C[C@@H](F)CN(C(=O)OCc2ccccc2)C1. The molecule has 108 valence electrons. The maximum atomic E-state index is 13.5. The number of aliphatic carboxylic acids is 1. The molecule has 1 aromatic carbocycles. The lowest BCUT2D eigenvalue weighted by Gasteiger charge is -2.32. The second kappa shape index (κ2) is 6.36. The first-order valence-corrected chi connectivity index (χ1v) is 6.38. The number of piperidine rings is 1. The Bertz CT molecular complexity index is 479. The molecule has 0 aromatic heterocycles. The zero-order valence-corrected chi connectivity index (χ0v) is 10.9. The number of alkyl halides is 1. The van der Waals surface area contributed by atoms with E-state index in [0.29, 0.717) is 0 Å². The molecule has 0 saturated carbocycles. The highest BCUT2D eigenvalue weighted by Crippen LogP contribution is 2.20. The standard InChI is InChI=1S/C14H16FNO4/c15-12-6-11(13(17)18)7-16(8-12)14(19)20-9-10-4-2-1-3-5-10/h1-5,11-12H,6-9H2,(H,17,18)/t11-,12-/m1/s1. The molecule has 20 heavy (non-hydrogen) atoms. The zero-order chi connectivity index (χ0) is 14.5. The molecule has 0 aliphatic carbocycles. The Hall–Kier alpha value is -2.11. The van der Waals surface area contributed by atoms with Crippen LogP contribution in [0.2, 0.25) is 0 Å². The number of benzene rings is 1. The molecule has 1 N–H and O–H groups in total. The van der Waals surface area contributed by atoms with Crippen molar-refractivity contribution in [3.05, 3.63) is 35.9 Å². The number of halogens is 1. The lowest BCUT2D eigenvalue weighted by molar-refractivity contribution is -0.144. The summed E-state index contributed by atoms with van der Waals surface area (Å²) in [7, 11) is 0. The maximum absolute atomic E-state index is 13.5. The highest BCUT2D eigenvalue weighted by atomic mass is 19.1. The van der Waals surface area contributed by atoms with Gasteiger partial charge in [-0.05, 0) is 12.0 Å². The summed E-state index contributed by atoms with van der Waals surface area (Å²) >= 11 is 0. The van der Waals surface area contributed by atoms with Crippen molar-refractivity contribution in [2.45, 2.75) is 19.2 Å². The molecule has 2 rings (SSSR count). The van der Waals surface area contributed by atoms with Gasteiger partial charge in [0.2, 0.25) is 0 Å². The van der Waals surface area contributed by atoms with Crippen molar-refractivity contribution in [1.82, 2.24) is 4.90 Å². The maximum Gasteiger partial charge on any atom is 0.410 e. The number of carboxylic acids is 1. The van der Waals surface area contributed by atoms with Crippen molar-refractivity contribution in [1.29, 1.82) is 0 Å². The van der Waals surface area contributed by atoms with Crippen LogP contribution < -0.4 is 0 Å². The summed E-state index contributed by atoms with van der Waals surface area (Å²) in [5.74, 6) is -1.96. The number of carbonyl (C=O) groups is 2. The van der Waals surface area contributed by atoms with E-state index in [1.54, 1.807) is 0 Å². The van der Waals surface area contributed by atoms with Gasteiger partial charge in [-0.3, -0.25) is 4.79 Å². The zero-order valence-electron chi connectivity index (χ0n) is 10.9. The monoisotopic (exact) mass is 281 g/mol. The van der Waals surface area contributed by atoms with Crippen molar-refractivity contribution in [3.8, 4) is 0 Å². The van der Waals surface area contributed by atoms with Crippen molar-refractivity contribution in [2.75, 3.05) is 13.1 Å². The summed E-state index contributed by atoms with van der Waals surface area (Å²) in [4.78, 5) is 23.9. The van der Waals surface area contributed by atoms with Gasteiger partial charge in [0.25, 0.3) is 0 Å². The Morgan fingerprint density at radius 3 is 2.65 bits per heavy atom. The van der Waals surface area contributed by atoms with Crippen molar-refractivity contribution >= 4 is 12.1 Å². The molecular formula is C14H16FNO4. The Morgan fingerprint density at radius 1 is 1.30 bits per heavy atom. The molecule has 1 amide bonds. The normalized spacial score (nSPS) is 22.4. The number of carboxylic acid groups (broad SMARTS) is 1. The molecule has 6 heteroatoms. The largest absolute Gasteiger partial charge is 0.481 e. The summed E-state index contributed by atoms with van der Waals surface area (Å²) in [6.07, 6.45) is -2.06. The second-order valence-corrected chi connectivity index (χ2v) is 4.81. The minimum absolute atomic E-state index is 0.0105. The van der Waals surface area contributed by atoms with E-state index in [1.165, 1.54) is 0 Å². The molecule has 1 fully saturated rings. The van der Waals surface area contributed by atoms with Crippen LogP contribution in [-0.4, -0.2) is 41.3 Å². The van der Waals surface area contributed by atoms with E-state index in [9.17, 15) is 14.0 Å². The summed E-state index contributed by atoms with van der Waals surface area (Å²) < 4.78 is 18.5. The van der Waals surface area contributed by atoms with Crippen LogP contribution in [0.4, 0.5) is 9.18 Å². The van der Waals surface area contributed by atoms with E-state index in [1.807, 2.05) is 30.3 Å². The number of carbonyl (C=O) groups excluding carboxylic acids is 1. The van der Waals surface area contributed by atoms with Gasteiger partial charge in [-0.2, -0.15) is 0 Å². The van der Waals surface area contributed by atoms with E-state index in [-0.39, 0.29) is 26.1 Å². The molecule has 0 radical (unpaired) electrons. The van der Waals surface area contributed by atoms with Crippen LogP contribution in [0.15, 0.2) is 30.3 Å². The highest BCUT2D eigenvalue weighted by Gasteiger charge is 2.34. The Morgan fingerprint density at radius 2 is 2.00 bits per heavy atom. The number of hydrogen-bond acceptors (Lipinski definition) is 3. The number of amides is 1. The fourth-order valence-corrected chi connectivity index (χ4v) is 2.18. The number of ether oxygens (including phenoxy) is 1. The smallest absolute Gasteiger partial charge is 0.410 e. The molecule has 1 heterocycles. The number of hydrogen-bond donors (Lipinski definition) is 1. The Kier molecular flexibility index (Phi) is 4.55. The quantitative estimate of drug-likeness (QED) is 0.921. The van der Waals surface area contributed by atoms with E-state index >= 15 is 0 Å². The Balaban J connectivity index is 1.90. The molecule has 1 saturated heterocycles. The summed E-state index contributed by atoms with van der Waals surface area (Å²) in [5.41, 5.74) is 0.824. The van der Waals surface area contributed by atoms with Crippen LogP contribution in [0.5, 0.6) is 0 Å². The average molecular weight is 281 g/mol. The highest BCUT2D eigenvalue weighted by molar-refractivity contribution is 5.73. The van der Waals surface area contributed by atoms with Crippen LogP contribution in [0.25, 0.3) is 0 Å². The van der Waals surface area contributed by atoms with E-state index < -0.39 is 24.2 Å². The van der Waals surface area contributed by atoms with Gasteiger partial charge in [0.05, 0.1) is 12.5 Å². The van der Waals surface area contributed by atoms with Crippen LogP contribution in [0.1, 0.15) is 12.0 Å². The number of rotatable bonds is 3. The lowest BCUT2D eigenvalue weighted by Crippen LogP contribution is -2.47. The fraction of sp³-hybridized carbons (Fsp3) is 0.429. The third-order valence-electron chi connectivity index (χ3n) is 3.21. The third-order valence-corrected chi connectivity index (χ3v) is 3.21. The van der Waals surface area contributed by atoms with Gasteiger partial charge in [0.15, 0.2) is 0 Å². The first kappa shape index (κ1) is 14.3. The van der Waals surface area contributed by atoms with Gasteiger partial charge >= 0.3 is 12.1 Å². The van der Waals surface area contributed by atoms with Gasteiger partial charge in [-0.25, -0.2) is 9.18 Å². The first-order valence-electron chi connectivity index (χ1n) is 6.38. The Labute approximate surface area is 116 Å². The molecule has 0 unspecified atom stereocenters. The molecule has 1 aliphatic heterocycles. The minimum Gasteiger partial charge on any atom is -0.481 e. The van der Waals surface area contributed by atoms with Crippen molar-refractivity contribution in [3.63, 3.8) is 0 Å². The second-order valence-electron chi connectivity index (χ2n) is 4.81. The average Bonchev–Trinajstić information content (AvgIpc) is 2.45. The molecule has 5 nitrogen and oxygen atoms in total. The molecule has 1 aliphatic rings. The number of likely N-dealkylation sites (tertiary alicyclic amines) is 1. The molecule has 0 spiro atoms. The first-order chi connectivity index (χ1) is 9.56. The van der Waals surface area contributed by atoms with E-state index in [4.69, 9.17) is 9.84 Å². The summed E-state index contributed by atoms with van der Waals surface area (Å²) in [5, 5.41) is 8.92. The van der Waals surface area contributed by atoms with Crippen LogP contribution >= 0.6 is 0 Å². The third kappa shape index (κ3) is 3.69. The molecule has 2 atom stereocenters.